The Morgan fingerprint density at radius 1 is 0.963 bits per heavy atom. The van der Waals surface area contributed by atoms with Crippen LogP contribution in [0.3, 0.4) is 0 Å². The lowest BCUT2D eigenvalue weighted by atomic mass is 9.72. The van der Waals surface area contributed by atoms with E-state index in [-0.39, 0.29) is 11.7 Å². The molecule has 2 atom stereocenters. The summed E-state index contributed by atoms with van der Waals surface area (Å²) in [5, 5.41) is 0. The van der Waals surface area contributed by atoms with Gasteiger partial charge in [0.15, 0.2) is 11.4 Å². The molecule has 0 aliphatic heterocycles. The molecule has 3 rings (SSSR count). The first kappa shape index (κ1) is 19.3. The standard InChI is InChI=1S/C24H21BrO2/c1-3-22(18-14-16-21(25)17-15-18)24(27-2,20-12-8-5-9-13-20)23(26)19-10-6-4-7-11-19/h3-17,22H,1H2,2H3/t22-,24-/m1/s1. The summed E-state index contributed by atoms with van der Waals surface area (Å²) in [4.78, 5) is 13.8. The lowest BCUT2D eigenvalue weighted by Gasteiger charge is -2.38. The largest absolute Gasteiger partial charge is 0.364 e. The van der Waals surface area contributed by atoms with Crippen LogP contribution in [0.1, 0.15) is 27.4 Å². The maximum Gasteiger partial charge on any atom is 0.200 e. The fraction of sp³-hybridized carbons (Fsp3) is 0.125. The number of hydrogen-bond donors (Lipinski definition) is 0. The van der Waals surface area contributed by atoms with Crippen molar-refractivity contribution in [3.63, 3.8) is 0 Å². The Labute approximate surface area is 168 Å². The van der Waals surface area contributed by atoms with E-state index in [0.29, 0.717) is 5.56 Å². The van der Waals surface area contributed by atoms with Crippen LogP contribution < -0.4 is 0 Å². The van der Waals surface area contributed by atoms with E-state index in [1.54, 1.807) is 13.2 Å². The van der Waals surface area contributed by atoms with Crippen molar-refractivity contribution in [1.29, 1.82) is 0 Å². The monoisotopic (exact) mass is 420 g/mol. The van der Waals surface area contributed by atoms with Crippen molar-refractivity contribution in [3.05, 3.63) is 119 Å². The van der Waals surface area contributed by atoms with Gasteiger partial charge in [0.05, 0.1) is 0 Å². The number of Topliss-reactive ketones (excluding diaryl/α,β-unsaturated/α-hetero) is 1. The predicted octanol–water partition coefficient (Wildman–Crippen LogP) is 6.14. The van der Waals surface area contributed by atoms with Gasteiger partial charge < -0.3 is 4.74 Å². The third-order valence-electron chi connectivity index (χ3n) is 4.80. The Kier molecular flexibility index (Phi) is 6.04. The molecular weight excluding hydrogens is 400 g/mol. The number of ketones is 1. The fourth-order valence-electron chi connectivity index (χ4n) is 3.49. The van der Waals surface area contributed by atoms with E-state index in [1.807, 2.05) is 84.9 Å². The number of ether oxygens (including phenoxy) is 1. The van der Waals surface area contributed by atoms with Gasteiger partial charge in [0.2, 0.25) is 0 Å². The van der Waals surface area contributed by atoms with Crippen LogP contribution in [-0.2, 0) is 10.3 Å². The highest BCUT2D eigenvalue weighted by Gasteiger charge is 2.47. The van der Waals surface area contributed by atoms with Crippen LogP contribution in [0.2, 0.25) is 0 Å². The van der Waals surface area contributed by atoms with Gasteiger partial charge in [-0.3, -0.25) is 4.79 Å². The second-order valence-corrected chi connectivity index (χ2v) is 7.18. The molecule has 0 aliphatic rings. The van der Waals surface area contributed by atoms with E-state index in [4.69, 9.17) is 4.74 Å². The van der Waals surface area contributed by atoms with Crippen molar-refractivity contribution in [2.45, 2.75) is 11.5 Å². The van der Waals surface area contributed by atoms with E-state index in [1.165, 1.54) is 0 Å². The van der Waals surface area contributed by atoms with E-state index >= 15 is 0 Å². The molecular formula is C24H21BrO2. The molecule has 0 amide bonds. The Bertz CT molecular complexity index is 904. The summed E-state index contributed by atoms with van der Waals surface area (Å²) < 4.78 is 7.02. The first-order valence-electron chi connectivity index (χ1n) is 8.72. The summed E-state index contributed by atoms with van der Waals surface area (Å²) in [6, 6.07) is 26.8. The Balaban J connectivity index is 2.24. The average molecular weight is 421 g/mol. The summed E-state index contributed by atoms with van der Waals surface area (Å²) in [6.45, 7) is 4.03. The molecule has 136 valence electrons. The molecule has 3 aromatic rings. The van der Waals surface area contributed by atoms with Crippen LogP contribution in [-0.4, -0.2) is 12.9 Å². The summed E-state index contributed by atoms with van der Waals surface area (Å²) in [7, 11) is 1.59. The zero-order chi connectivity index (χ0) is 19.3. The maximum atomic E-state index is 13.8. The quantitative estimate of drug-likeness (QED) is 0.338. The molecule has 0 spiro atoms. The maximum absolute atomic E-state index is 13.8. The minimum absolute atomic E-state index is 0.0929. The fourth-order valence-corrected chi connectivity index (χ4v) is 3.75. The van der Waals surface area contributed by atoms with Crippen molar-refractivity contribution in [1.82, 2.24) is 0 Å². The minimum Gasteiger partial charge on any atom is -0.364 e. The highest BCUT2D eigenvalue weighted by Crippen LogP contribution is 2.43. The second-order valence-electron chi connectivity index (χ2n) is 6.27. The van der Waals surface area contributed by atoms with Gasteiger partial charge in [-0.15, -0.1) is 6.58 Å². The normalized spacial score (nSPS) is 14.1. The van der Waals surface area contributed by atoms with Crippen molar-refractivity contribution in [2.75, 3.05) is 7.11 Å². The molecule has 2 nitrogen and oxygen atoms in total. The lowest BCUT2D eigenvalue weighted by molar-refractivity contribution is -0.00993. The van der Waals surface area contributed by atoms with E-state index in [9.17, 15) is 4.79 Å². The van der Waals surface area contributed by atoms with Crippen molar-refractivity contribution in [3.8, 4) is 0 Å². The number of rotatable bonds is 7. The van der Waals surface area contributed by atoms with Crippen LogP contribution in [0.25, 0.3) is 0 Å². The van der Waals surface area contributed by atoms with Gasteiger partial charge in [0.25, 0.3) is 0 Å². The number of methoxy groups -OCH3 is 1. The molecule has 0 fully saturated rings. The molecule has 0 heterocycles. The topological polar surface area (TPSA) is 26.3 Å². The Morgan fingerprint density at radius 2 is 1.52 bits per heavy atom. The molecule has 0 radical (unpaired) electrons. The molecule has 0 N–H and O–H groups in total. The molecule has 0 saturated heterocycles. The predicted molar refractivity (Wildman–Crippen MR) is 113 cm³/mol. The van der Waals surface area contributed by atoms with Crippen LogP contribution in [0.15, 0.2) is 102 Å². The van der Waals surface area contributed by atoms with Gasteiger partial charge in [0, 0.05) is 23.1 Å². The first-order chi connectivity index (χ1) is 13.1. The van der Waals surface area contributed by atoms with Crippen molar-refractivity contribution in [2.24, 2.45) is 0 Å². The van der Waals surface area contributed by atoms with E-state index in [2.05, 4.69) is 22.5 Å². The van der Waals surface area contributed by atoms with Gasteiger partial charge in [0.1, 0.15) is 0 Å². The third kappa shape index (κ3) is 3.66. The zero-order valence-corrected chi connectivity index (χ0v) is 16.7. The first-order valence-corrected chi connectivity index (χ1v) is 9.51. The molecule has 0 aromatic heterocycles. The van der Waals surface area contributed by atoms with Crippen LogP contribution >= 0.6 is 15.9 Å². The van der Waals surface area contributed by atoms with Gasteiger partial charge in [-0.1, -0.05) is 94.8 Å². The van der Waals surface area contributed by atoms with Gasteiger partial charge >= 0.3 is 0 Å². The molecule has 0 aliphatic carbocycles. The second kappa shape index (κ2) is 8.47. The number of carbonyl (C=O) groups excluding carboxylic acids is 1. The van der Waals surface area contributed by atoms with Crippen LogP contribution in [0, 0.1) is 0 Å². The molecule has 0 unspecified atom stereocenters. The van der Waals surface area contributed by atoms with E-state index < -0.39 is 5.60 Å². The summed E-state index contributed by atoms with van der Waals surface area (Å²) >= 11 is 3.47. The lowest BCUT2D eigenvalue weighted by Crippen LogP contribution is -2.43. The molecule has 3 heteroatoms. The summed E-state index contributed by atoms with van der Waals surface area (Å²) in [6.07, 6.45) is 1.79. The van der Waals surface area contributed by atoms with Crippen LogP contribution in [0.5, 0.6) is 0 Å². The number of hydrogen-bond acceptors (Lipinski definition) is 2. The SMILES string of the molecule is C=C[C@H](c1ccc(Br)cc1)[C@@](OC)(C(=O)c1ccccc1)c1ccccc1. The molecule has 0 bridgehead atoms. The number of carbonyl (C=O) groups is 1. The van der Waals surface area contributed by atoms with Gasteiger partial charge in [-0.25, -0.2) is 0 Å². The van der Waals surface area contributed by atoms with Crippen molar-refractivity contribution < 1.29 is 9.53 Å². The van der Waals surface area contributed by atoms with E-state index in [0.717, 1.165) is 15.6 Å². The number of benzene rings is 3. The smallest absolute Gasteiger partial charge is 0.200 e. The third-order valence-corrected chi connectivity index (χ3v) is 5.33. The highest BCUT2D eigenvalue weighted by molar-refractivity contribution is 9.10. The van der Waals surface area contributed by atoms with Crippen LogP contribution in [0.4, 0.5) is 0 Å². The molecule has 3 aromatic carbocycles. The minimum atomic E-state index is -1.21. The van der Waals surface area contributed by atoms with Gasteiger partial charge in [-0.2, -0.15) is 0 Å². The number of halogens is 1. The molecule has 0 saturated carbocycles. The average Bonchev–Trinajstić information content (AvgIpc) is 2.74. The van der Waals surface area contributed by atoms with Crippen molar-refractivity contribution >= 4 is 21.7 Å². The highest BCUT2D eigenvalue weighted by atomic mass is 79.9. The Morgan fingerprint density at radius 3 is 2.04 bits per heavy atom. The summed E-state index contributed by atoms with van der Waals surface area (Å²) in [5.41, 5.74) is 1.16. The summed E-state index contributed by atoms with van der Waals surface area (Å²) in [5.74, 6) is -0.449. The Hall–Kier alpha value is -2.49. The molecule has 27 heavy (non-hydrogen) atoms. The van der Waals surface area contributed by atoms with Gasteiger partial charge in [-0.05, 0) is 23.3 Å². The zero-order valence-electron chi connectivity index (χ0n) is 15.1.